The fraction of sp³-hybridized carbons (Fsp3) is 0.118. The van der Waals surface area contributed by atoms with E-state index in [4.69, 9.17) is 10.2 Å². The van der Waals surface area contributed by atoms with Gasteiger partial charge in [0.2, 0.25) is 5.78 Å². The van der Waals surface area contributed by atoms with Crippen LogP contribution in [0.25, 0.3) is 11.0 Å². The molecule has 0 atom stereocenters. The Balaban J connectivity index is 1.91. The summed E-state index contributed by atoms with van der Waals surface area (Å²) in [4.78, 5) is 12.3. The zero-order valence-electron chi connectivity index (χ0n) is 11.2. The van der Waals surface area contributed by atoms with Crippen molar-refractivity contribution in [3.8, 4) is 0 Å². The first-order valence-electron chi connectivity index (χ1n) is 6.50. The van der Waals surface area contributed by atoms with Gasteiger partial charge >= 0.3 is 0 Å². The van der Waals surface area contributed by atoms with Crippen LogP contribution in [0.15, 0.2) is 52.9 Å². The number of nitrogen functional groups attached to an aromatic ring is 1. The molecule has 0 aliphatic carbocycles. The maximum absolute atomic E-state index is 12.3. The Bertz CT molecular complexity index is 787. The van der Waals surface area contributed by atoms with Crippen molar-refractivity contribution in [3.63, 3.8) is 0 Å². The average Bonchev–Trinajstić information content (AvgIpc) is 2.84. The van der Waals surface area contributed by atoms with Gasteiger partial charge in [0.25, 0.3) is 0 Å². The number of furan rings is 1. The number of benzene rings is 2. The van der Waals surface area contributed by atoms with E-state index >= 15 is 0 Å². The summed E-state index contributed by atoms with van der Waals surface area (Å²) in [7, 11) is 0. The van der Waals surface area contributed by atoms with Crippen LogP contribution in [0, 0.1) is 6.92 Å². The molecule has 3 aromatic rings. The van der Waals surface area contributed by atoms with Gasteiger partial charge in [0, 0.05) is 17.5 Å². The Labute approximate surface area is 117 Å². The Morgan fingerprint density at radius 1 is 1.15 bits per heavy atom. The number of nitrogens with two attached hydrogens (primary N) is 1. The standard InChI is InChI=1S/C17H15NO2/c1-11-4-2-6-13-10-16(20-17(11)13)15(19)9-12-5-3-7-14(18)8-12/h2-8,10H,9,18H2,1H3. The highest BCUT2D eigenvalue weighted by Gasteiger charge is 2.14. The van der Waals surface area contributed by atoms with Crippen molar-refractivity contribution in [2.75, 3.05) is 5.73 Å². The number of anilines is 1. The van der Waals surface area contributed by atoms with Crippen LogP contribution in [0.3, 0.4) is 0 Å². The summed E-state index contributed by atoms with van der Waals surface area (Å²) >= 11 is 0. The van der Waals surface area contributed by atoms with Crippen LogP contribution in [-0.4, -0.2) is 5.78 Å². The van der Waals surface area contributed by atoms with E-state index in [-0.39, 0.29) is 5.78 Å². The van der Waals surface area contributed by atoms with E-state index in [0.29, 0.717) is 17.9 Å². The number of ketones is 1. The molecule has 0 aliphatic rings. The van der Waals surface area contributed by atoms with Crippen molar-refractivity contribution in [2.24, 2.45) is 0 Å². The summed E-state index contributed by atoms with van der Waals surface area (Å²) in [6.07, 6.45) is 0.296. The number of Topliss-reactive ketones (excluding diaryl/α,β-unsaturated/α-hetero) is 1. The quantitative estimate of drug-likeness (QED) is 0.579. The molecule has 0 amide bonds. The molecule has 2 N–H and O–H groups in total. The molecule has 20 heavy (non-hydrogen) atoms. The summed E-state index contributed by atoms with van der Waals surface area (Å²) in [5.74, 6) is 0.364. The first kappa shape index (κ1) is 12.5. The second kappa shape index (κ2) is 4.85. The molecule has 3 heteroatoms. The van der Waals surface area contributed by atoms with Gasteiger partial charge in [0.05, 0.1) is 0 Å². The van der Waals surface area contributed by atoms with Crippen molar-refractivity contribution >= 4 is 22.4 Å². The monoisotopic (exact) mass is 265 g/mol. The summed E-state index contributed by atoms with van der Waals surface area (Å²) in [6.45, 7) is 1.97. The van der Waals surface area contributed by atoms with Gasteiger partial charge in [-0.1, -0.05) is 30.3 Å². The van der Waals surface area contributed by atoms with Crippen LogP contribution in [0.2, 0.25) is 0 Å². The number of carbonyl (C=O) groups excluding carboxylic acids is 1. The van der Waals surface area contributed by atoms with Crippen molar-refractivity contribution in [2.45, 2.75) is 13.3 Å². The van der Waals surface area contributed by atoms with Gasteiger partial charge in [-0.05, 0) is 36.2 Å². The molecule has 0 radical (unpaired) electrons. The molecule has 0 aliphatic heterocycles. The summed E-state index contributed by atoms with van der Waals surface area (Å²) in [6, 6.07) is 15.0. The van der Waals surface area contributed by atoms with Gasteiger partial charge in [-0.15, -0.1) is 0 Å². The lowest BCUT2D eigenvalue weighted by Crippen LogP contribution is -2.02. The van der Waals surface area contributed by atoms with Gasteiger partial charge in [-0.25, -0.2) is 0 Å². The Kier molecular flexibility index (Phi) is 3.03. The Morgan fingerprint density at radius 3 is 2.70 bits per heavy atom. The maximum Gasteiger partial charge on any atom is 0.202 e. The number of fused-ring (bicyclic) bond motifs is 1. The molecule has 1 aromatic heterocycles. The van der Waals surface area contributed by atoms with Crippen molar-refractivity contribution in [3.05, 3.63) is 65.4 Å². The highest BCUT2D eigenvalue weighted by atomic mass is 16.3. The fourth-order valence-electron chi connectivity index (χ4n) is 2.32. The summed E-state index contributed by atoms with van der Waals surface area (Å²) in [5, 5.41) is 0.959. The van der Waals surface area contributed by atoms with Crippen molar-refractivity contribution in [1.82, 2.24) is 0 Å². The van der Waals surface area contributed by atoms with E-state index in [1.165, 1.54) is 0 Å². The first-order valence-corrected chi connectivity index (χ1v) is 6.50. The van der Waals surface area contributed by atoms with Gasteiger partial charge in [-0.2, -0.15) is 0 Å². The molecule has 3 nitrogen and oxygen atoms in total. The predicted octanol–water partition coefficient (Wildman–Crippen LogP) is 3.75. The van der Waals surface area contributed by atoms with Crippen molar-refractivity contribution in [1.29, 1.82) is 0 Å². The number of hydrogen-bond acceptors (Lipinski definition) is 3. The summed E-state index contributed by atoms with van der Waals surface area (Å²) in [5.41, 5.74) is 9.09. The topological polar surface area (TPSA) is 56.2 Å². The molecular weight excluding hydrogens is 250 g/mol. The molecular formula is C17H15NO2. The number of rotatable bonds is 3. The fourth-order valence-corrected chi connectivity index (χ4v) is 2.32. The SMILES string of the molecule is Cc1cccc2cc(C(=O)Cc3cccc(N)c3)oc12. The second-order valence-electron chi connectivity index (χ2n) is 4.95. The predicted molar refractivity (Wildman–Crippen MR) is 79.8 cm³/mol. The maximum atomic E-state index is 12.3. The van der Waals surface area contributed by atoms with Crippen LogP contribution in [0.5, 0.6) is 0 Å². The number of aryl methyl sites for hydroxylation is 1. The summed E-state index contributed by atoms with van der Waals surface area (Å²) < 4.78 is 5.68. The molecule has 0 bridgehead atoms. The second-order valence-corrected chi connectivity index (χ2v) is 4.95. The molecule has 0 fully saturated rings. The smallest absolute Gasteiger partial charge is 0.202 e. The number of hydrogen-bond donors (Lipinski definition) is 1. The third kappa shape index (κ3) is 2.30. The highest BCUT2D eigenvalue weighted by Crippen LogP contribution is 2.23. The van der Waals surface area contributed by atoms with E-state index in [1.807, 2.05) is 43.3 Å². The minimum atomic E-state index is -0.0359. The van der Waals surface area contributed by atoms with E-state index in [2.05, 4.69) is 0 Å². The molecule has 2 aromatic carbocycles. The lowest BCUT2D eigenvalue weighted by atomic mass is 10.1. The van der Waals surface area contributed by atoms with Gasteiger partial charge in [0.1, 0.15) is 5.58 Å². The largest absolute Gasteiger partial charge is 0.453 e. The molecule has 100 valence electrons. The molecule has 3 rings (SSSR count). The molecule has 0 saturated carbocycles. The number of carbonyl (C=O) groups is 1. The zero-order valence-corrected chi connectivity index (χ0v) is 11.2. The minimum absolute atomic E-state index is 0.0359. The third-order valence-corrected chi connectivity index (χ3v) is 3.33. The molecule has 0 saturated heterocycles. The Morgan fingerprint density at radius 2 is 1.95 bits per heavy atom. The normalized spacial score (nSPS) is 10.8. The zero-order chi connectivity index (χ0) is 14.1. The average molecular weight is 265 g/mol. The van der Waals surface area contributed by atoms with E-state index in [9.17, 15) is 4.79 Å². The number of para-hydroxylation sites is 1. The molecule has 1 heterocycles. The first-order chi connectivity index (χ1) is 9.63. The highest BCUT2D eigenvalue weighted by molar-refractivity contribution is 5.99. The molecule has 0 unspecified atom stereocenters. The van der Waals surface area contributed by atoms with E-state index in [1.54, 1.807) is 12.1 Å². The van der Waals surface area contributed by atoms with Gasteiger partial charge < -0.3 is 10.2 Å². The van der Waals surface area contributed by atoms with Crippen LogP contribution in [0.4, 0.5) is 5.69 Å². The van der Waals surface area contributed by atoms with Gasteiger partial charge in [-0.3, -0.25) is 4.79 Å². The Hall–Kier alpha value is -2.55. The van der Waals surface area contributed by atoms with Gasteiger partial charge in [0.15, 0.2) is 5.76 Å². The van der Waals surface area contributed by atoms with E-state index < -0.39 is 0 Å². The van der Waals surface area contributed by atoms with Crippen molar-refractivity contribution < 1.29 is 9.21 Å². The molecule has 0 spiro atoms. The van der Waals surface area contributed by atoms with Crippen LogP contribution >= 0.6 is 0 Å². The lowest BCUT2D eigenvalue weighted by Gasteiger charge is -2.00. The van der Waals surface area contributed by atoms with E-state index in [0.717, 1.165) is 22.1 Å². The minimum Gasteiger partial charge on any atom is -0.453 e. The third-order valence-electron chi connectivity index (χ3n) is 3.33. The van der Waals surface area contributed by atoms with Crippen LogP contribution < -0.4 is 5.73 Å². The van der Waals surface area contributed by atoms with Crippen LogP contribution in [-0.2, 0) is 6.42 Å². The lowest BCUT2D eigenvalue weighted by molar-refractivity contribution is 0.0968. The van der Waals surface area contributed by atoms with Crippen LogP contribution in [0.1, 0.15) is 21.7 Å².